The molecule has 17 heavy (non-hydrogen) atoms. The van der Waals surface area contributed by atoms with Gasteiger partial charge in [0.2, 0.25) is 17.7 Å². The lowest BCUT2D eigenvalue weighted by Crippen LogP contribution is -2.09. The third-order valence-electron chi connectivity index (χ3n) is 2.07. The highest BCUT2D eigenvalue weighted by Gasteiger charge is 2.03. The maximum atomic E-state index is 5.06. The van der Waals surface area contributed by atoms with Gasteiger partial charge in [0.05, 0.1) is 7.11 Å². The smallest absolute Gasteiger partial charge is 0.228 e. The maximum Gasteiger partial charge on any atom is 0.228 e. The van der Waals surface area contributed by atoms with Crippen LogP contribution in [-0.4, -0.2) is 33.8 Å². The lowest BCUT2D eigenvalue weighted by atomic mass is 10.4. The summed E-state index contributed by atoms with van der Waals surface area (Å²) in [4.78, 5) is 12.3. The number of aryl methyl sites for hydroxylation is 1. The van der Waals surface area contributed by atoms with E-state index in [2.05, 4.69) is 25.4 Å². The first-order valence-electron chi connectivity index (χ1n) is 5.17. The van der Waals surface area contributed by atoms with E-state index in [1.165, 1.54) is 6.33 Å². The molecule has 0 fully saturated rings. The molecule has 0 aliphatic rings. The van der Waals surface area contributed by atoms with Crippen LogP contribution in [0.1, 0.15) is 11.6 Å². The number of nitrogens with zero attached hydrogens (tertiary/aromatic N) is 4. The molecule has 2 rings (SSSR count). The van der Waals surface area contributed by atoms with E-state index in [0.717, 1.165) is 5.69 Å². The molecule has 0 aromatic carbocycles. The van der Waals surface area contributed by atoms with Crippen molar-refractivity contribution in [3.05, 3.63) is 24.0 Å². The lowest BCUT2D eigenvalue weighted by molar-refractivity contribution is 0.379. The Morgan fingerprint density at radius 2 is 2.29 bits per heavy atom. The fourth-order valence-electron chi connectivity index (χ4n) is 1.31. The van der Waals surface area contributed by atoms with E-state index in [1.807, 2.05) is 6.92 Å². The zero-order valence-corrected chi connectivity index (χ0v) is 9.67. The Hall–Kier alpha value is -2.18. The largest absolute Gasteiger partial charge is 0.481 e. The van der Waals surface area contributed by atoms with Gasteiger partial charge in [0.15, 0.2) is 6.33 Å². The molecule has 0 radical (unpaired) electrons. The van der Waals surface area contributed by atoms with Crippen LogP contribution in [0, 0.1) is 6.92 Å². The summed E-state index contributed by atoms with van der Waals surface area (Å²) in [7, 11) is 1.57. The van der Waals surface area contributed by atoms with Crippen LogP contribution in [0.25, 0.3) is 0 Å². The molecule has 0 aliphatic heterocycles. The molecule has 0 amide bonds. The molecule has 90 valence electrons. The van der Waals surface area contributed by atoms with Crippen LogP contribution in [0.5, 0.6) is 5.88 Å². The van der Waals surface area contributed by atoms with E-state index >= 15 is 0 Å². The van der Waals surface area contributed by atoms with E-state index < -0.39 is 0 Å². The van der Waals surface area contributed by atoms with Gasteiger partial charge in [-0.15, -0.1) is 0 Å². The van der Waals surface area contributed by atoms with Crippen LogP contribution in [0.2, 0.25) is 0 Å². The number of hydrogen-bond acceptors (Lipinski definition) is 7. The SMILES string of the molecule is COc1cc(C)nc(NCCc2ncno2)n1. The van der Waals surface area contributed by atoms with E-state index in [4.69, 9.17) is 9.26 Å². The fraction of sp³-hybridized carbons (Fsp3) is 0.400. The molecule has 0 bridgehead atoms. The second kappa shape index (κ2) is 5.24. The molecule has 0 spiro atoms. The van der Waals surface area contributed by atoms with Crippen molar-refractivity contribution in [3.63, 3.8) is 0 Å². The molecule has 0 unspecified atom stereocenters. The van der Waals surface area contributed by atoms with Crippen LogP contribution in [0.4, 0.5) is 5.95 Å². The van der Waals surface area contributed by atoms with E-state index in [1.54, 1.807) is 13.2 Å². The summed E-state index contributed by atoms with van der Waals surface area (Å²) in [5.74, 6) is 1.65. The molecule has 0 aliphatic carbocycles. The van der Waals surface area contributed by atoms with Gasteiger partial charge in [-0.2, -0.15) is 9.97 Å². The average Bonchev–Trinajstić information content (AvgIpc) is 2.81. The van der Waals surface area contributed by atoms with Gasteiger partial charge < -0.3 is 14.6 Å². The summed E-state index contributed by atoms with van der Waals surface area (Å²) in [5.41, 5.74) is 0.845. The van der Waals surface area contributed by atoms with Crippen molar-refractivity contribution in [1.29, 1.82) is 0 Å². The standard InChI is InChI=1S/C10H13N5O2/c1-7-5-9(16-2)15-10(14-7)11-4-3-8-12-6-13-17-8/h5-6H,3-4H2,1-2H3,(H,11,14,15). The molecule has 0 atom stereocenters. The van der Waals surface area contributed by atoms with Crippen LogP contribution in [0.3, 0.4) is 0 Å². The predicted octanol–water partition coefficient (Wildman–Crippen LogP) is 0.831. The fourth-order valence-corrected chi connectivity index (χ4v) is 1.31. The molecule has 7 heteroatoms. The van der Waals surface area contributed by atoms with Gasteiger partial charge in [-0.25, -0.2) is 4.98 Å². The highest BCUT2D eigenvalue weighted by molar-refractivity contribution is 5.30. The summed E-state index contributed by atoms with van der Waals surface area (Å²) in [6.45, 7) is 2.50. The number of nitrogens with one attached hydrogen (secondary N) is 1. The van der Waals surface area contributed by atoms with Gasteiger partial charge in [-0.1, -0.05) is 5.16 Å². The number of rotatable bonds is 5. The third-order valence-corrected chi connectivity index (χ3v) is 2.07. The number of ether oxygens (including phenoxy) is 1. The Balaban J connectivity index is 1.92. The quantitative estimate of drug-likeness (QED) is 0.821. The van der Waals surface area contributed by atoms with Crippen LogP contribution >= 0.6 is 0 Å². The molecular formula is C10H13N5O2. The van der Waals surface area contributed by atoms with Gasteiger partial charge in [-0.05, 0) is 6.92 Å². The number of hydrogen-bond donors (Lipinski definition) is 1. The summed E-state index contributed by atoms with van der Waals surface area (Å²) < 4.78 is 9.93. The van der Waals surface area contributed by atoms with E-state index in [0.29, 0.717) is 30.7 Å². The van der Waals surface area contributed by atoms with Gasteiger partial charge >= 0.3 is 0 Å². The Kier molecular flexibility index (Phi) is 3.49. The van der Waals surface area contributed by atoms with Gasteiger partial charge in [0.1, 0.15) is 0 Å². The number of methoxy groups -OCH3 is 1. The number of anilines is 1. The Morgan fingerprint density at radius 1 is 1.41 bits per heavy atom. The van der Waals surface area contributed by atoms with Crippen molar-refractivity contribution in [2.75, 3.05) is 19.0 Å². The third kappa shape index (κ3) is 3.13. The molecule has 2 aromatic rings. The summed E-state index contributed by atoms with van der Waals surface area (Å²) in [5, 5.41) is 6.59. The van der Waals surface area contributed by atoms with Crippen molar-refractivity contribution in [2.24, 2.45) is 0 Å². The van der Waals surface area contributed by atoms with Crippen LogP contribution < -0.4 is 10.1 Å². The minimum Gasteiger partial charge on any atom is -0.481 e. The van der Waals surface area contributed by atoms with Gasteiger partial charge in [0.25, 0.3) is 0 Å². The summed E-state index contributed by atoms with van der Waals surface area (Å²) in [6.07, 6.45) is 2.00. The highest BCUT2D eigenvalue weighted by atomic mass is 16.5. The second-order valence-electron chi connectivity index (χ2n) is 3.39. The Labute approximate surface area is 98.2 Å². The maximum absolute atomic E-state index is 5.06. The molecule has 2 heterocycles. The molecular weight excluding hydrogens is 222 g/mol. The zero-order valence-electron chi connectivity index (χ0n) is 9.67. The summed E-state index contributed by atoms with van der Waals surface area (Å²) >= 11 is 0. The zero-order chi connectivity index (χ0) is 12.1. The van der Waals surface area contributed by atoms with E-state index in [9.17, 15) is 0 Å². The molecule has 0 saturated heterocycles. The van der Waals surface area contributed by atoms with Crippen molar-refractivity contribution in [3.8, 4) is 5.88 Å². The first kappa shape index (κ1) is 11.3. The molecule has 1 N–H and O–H groups in total. The normalized spacial score (nSPS) is 10.2. The predicted molar refractivity (Wildman–Crippen MR) is 59.8 cm³/mol. The van der Waals surface area contributed by atoms with Gasteiger partial charge in [0, 0.05) is 24.7 Å². The average molecular weight is 235 g/mol. The van der Waals surface area contributed by atoms with Crippen molar-refractivity contribution in [1.82, 2.24) is 20.1 Å². The topological polar surface area (TPSA) is 86.0 Å². The van der Waals surface area contributed by atoms with Crippen molar-refractivity contribution in [2.45, 2.75) is 13.3 Å². The Bertz CT molecular complexity index is 472. The lowest BCUT2D eigenvalue weighted by Gasteiger charge is -2.06. The number of aromatic nitrogens is 4. The van der Waals surface area contributed by atoms with Crippen molar-refractivity contribution >= 4 is 5.95 Å². The monoisotopic (exact) mass is 235 g/mol. The highest BCUT2D eigenvalue weighted by Crippen LogP contribution is 2.10. The molecule has 0 saturated carbocycles. The molecule has 7 nitrogen and oxygen atoms in total. The second-order valence-corrected chi connectivity index (χ2v) is 3.39. The first-order chi connectivity index (χ1) is 8.28. The minimum absolute atomic E-state index is 0.529. The van der Waals surface area contributed by atoms with Crippen LogP contribution in [-0.2, 0) is 6.42 Å². The van der Waals surface area contributed by atoms with Gasteiger partial charge in [-0.3, -0.25) is 0 Å². The Morgan fingerprint density at radius 3 is 3.00 bits per heavy atom. The summed E-state index contributed by atoms with van der Waals surface area (Å²) in [6, 6.07) is 1.77. The van der Waals surface area contributed by atoms with Crippen LogP contribution in [0.15, 0.2) is 16.9 Å². The minimum atomic E-state index is 0.529. The van der Waals surface area contributed by atoms with Crippen molar-refractivity contribution < 1.29 is 9.26 Å². The van der Waals surface area contributed by atoms with E-state index in [-0.39, 0.29) is 0 Å². The first-order valence-corrected chi connectivity index (χ1v) is 5.17. The molecule has 2 aromatic heterocycles.